The number of nitrogens with two attached hydrogens (primary N) is 1. The average Bonchev–Trinajstić information content (AvgIpc) is 2.50. The molecule has 0 aliphatic heterocycles. The summed E-state index contributed by atoms with van der Waals surface area (Å²) in [7, 11) is 0. The Balaban J connectivity index is 2.37. The Morgan fingerprint density at radius 2 is 1.83 bits per heavy atom. The van der Waals surface area contributed by atoms with E-state index < -0.39 is 0 Å². The topological polar surface area (TPSA) is 84.2 Å². The first-order valence-corrected chi connectivity index (χ1v) is 8.17. The molecule has 4 N–H and O–H groups in total. The van der Waals surface area contributed by atoms with E-state index in [1.54, 1.807) is 6.07 Å². The maximum atomic E-state index is 12.1. The third-order valence-electron chi connectivity index (χ3n) is 3.59. The summed E-state index contributed by atoms with van der Waals surface area (Å²) in [4.78, 5) is 24.0. The molecule has 1 rings (SSSR count). The van der Waals surface area contributed by atoms with Crippen LogP contribution in [0.5, 0.6) is 0 Å². The highest BCUT2D eigenvalue weighted by Gasteiger charge is 2.17. The van der Waals surface area contributed by atoms with Gasteiger partial charge in [-0.1, -0.05) is 38.5 Å². The lowest BCUT2D eigenvalue weighted by molar-refractivity contribution is -0.124. The molecule has 2 atom stereocenters. The first kappa shape index (κ1) is 19.2. The summed E-state index contributed by atoms with van der Waals surface area (Å²) in [6, 6.07) is 7.16. The molecule has 0 bridgehead atoms. The first-order valence-electron chi connectivity index (χ1n) is 8.17. The molecule has 0 radical (unpaired) electrons. The van der Waals surface area contributed by atoms with Crippen molar-refractivity contribution >= 4 is 11.8 Å². The average molecular weight is 319 g/mol. The minimum Gasteiger partial charge on any atom is -0.356 e. The molecule has 0 aliphatic carbocycles. The maximum absolute atomic E-state index is 12.1. The number of aryl methyl sites for hydroxylation is 1. The number of amides is 2. The van der Waals surface area contributed by atoms with Gasteiger partial charge in [0.05, 0.1) is 0 Å². The monoisotopic (exact) mass is 319 g/mol. The second-order valence-electron chi connectivity index (χ2n) is 6.62. The fourth-order valence-corrected chi connectivity index (χ4v) is 2.24. The minimum absolute atomic E-state index is 0.0131. The highest BCUT2D eigenvalue weighted by Crippen LogP contribution is 2.06. The van der Waals surface area contributed by atoms with Crippen LogP contribution in [0.25, 0.3) is 0 Å². The zero-order chi connectivity index (χ0) is 17.4. The molecule has 0 aliphatic rings. The Morgan fingerprint density at radius 3 is 2.43 bits per heavy atom. The van der Waals surface area contributed by atoms with E-state index in [9.17, 15) is 9.59 Å². The van der Waals surface area contributed by atoms with Crippen molar-refractivity contribution in [2.24, 2.45) is 17.6 Å². The number of carbonyl (C=O) groups excluding carboxylic acids is 2. The van der Waals surface area contributed by atoms with Gasteiger partial charge in [0, 0.05) is 30.6 Å². The van der Waals surface area contributed by atoms with Gasteiger partial charge in [0.1, 0.15) is 0 Å². The minimum atomic E-state index is -0.247. The number of rotatable bonds is 8. The highest BCUT2D eigenvalue weighted by atomic mass is 16.2. The summed E-state index contributed by atoms with van der Waals surface area (Å²) in [5.74, 6) is 0.133. The Morgan fingerprint density at radius 1 is 1.13 bits per heavy atom. The van der Waals surface area contributed by atoms with E-state index in [0.29, 0.717) is 31.0 Å². The number of benzene rings is 1. The second-order valence-corrected chi connectivity index (χ2v) is 6.62. The van der Waals surface area contributed by atoms with E-state index >= 15 is 0 Å². The van der Waals surface area contributed by atoms with Crippen LogP contribution in [0.1, 0.15) is 43.1 Å². The molecule has 23 heavy (non-hydrogen) atoms. The van der Waals surface area contributed by atoms with E-state index in [1.807, 2.05) is 32.0 Å². The van der Waals surface area contributed by atoms with Crippen molar-refractivity contribution in [1.82, 2.24) is 10.6 Å². The number of hydrogen-bond acceptors (Lipinski definition) is 3. The predicted molar refractivity (Wildman–Crippen MR) is 93.1 cm³/mol. The van der Waals surface area contributed by atoms with Gasteiger partial charge in [-0.05, 0) is 31.4 Å². The number of nitrogens with one attached hydrogen (secondary N) is 2. The van der Waals surface area contributed by atoms with Crippen LogP contribution in [0, 0.1) is 18.8 Å². The molecule has 1 aromatic carbocycles. The van der Waals surface area contributed by atoms with E-state index in [1.165, 1.54) is 0 Å². The largest absolute Gasteiger partial charge is 0.356 e. The zero-order valence-electron chi connectivity index (χ0n) is 14.6. The van der Waals surface area contributed by atoms with Crippen molar-refractivity contribution in [2.75, 3.05) is 13.1 Å². The molecule has 0 heterocycles. The Labute approximate surface area is 139 Å². The lowest BCUT2D eigenvalue weighted by Gasteiger charge is -2.18. The van der Waals surface area contributed by atoms with Crippen molar-refractivity contribution in [1.29, 1.82) is 0 Å². The van der Waals surface area contributed by atoms with Gasteiger partial charge in [-0.15, -0.1) is 0 Å². The molecule has 128 valence electrons. The van der Waals surface area contributed by atoms with Crippen molar-refractivity contribution in [2.45, 2.75) is 40.2 Å². The summed E-state index contributed by atoms with van der Waals surface area (Å²) in [6.07, 6.45) is 0.540. The van der Waals surface area contributed by atoms with Crippen LogP contribution in [0.4, 0.5) is 0 Å². The molecule has 2 unspecified atom stereocenters. The second kappa shape index (κ2) is 9.30. The Kier molecular flexibility index (Phi) is 7.75. The third-order valence-corrected chi connectivity index (χ3v) is 3.59. The van der Waals surface area contributed by atoms with E-state index in [2.05, 4.69) is 24.5 Å². The van der Waals surface area contributed by atoms with Gasteiger partial charge in [-0.3, -0.25) is 9.59 Å². The fraction of sp³-hybridized carbons (Fsp3) is 0.556. The van der Waals surface area contributed by atoms with Gasteiger partial charge < -0.3 is 16.4 Å². The zero-order valence-corrected chi connectivity index (χ0v) is 14.6. The highest BCUT2D eigenvalue weighted by molar-refractivity contribution is 5.94. The van der Waals surface area contributed by atoms with Gasteiger partial charge in [0.15, 0.2) is 0 Å². The predicted octanol–water partition coefficient (Wildman–Crippen LogP) is 1.85. The normalized spacial score (nSPS) is 13.5. The fourth-order valence-electron chi connectivity index (χ4n) is 2.24. The smallest absolute Gasteiger partial charge is 0.251 e. The van der Waals surface area contributed by atoms with Gasteiger partial charge in [-0.2, -0.15) is 0 Å². The summed E-state index contributed by atoms with van der Waals surface area (Å²) >= 11 is 0. The standard InChI is InChI=1S/C18H29N3O2/c1-12(2)10-20-17(22)14(4)9-16(19)11-21-18(23)15-7-5-6-13(3)8-15/h5-8,12,14,16H,9-11,19H2,1-4H3,(H,20,22)(H,21,23). The Hall–Kier alpha value is -1.88. The van der Waals surface area contributed by atoms with Crippen LogP contribution >= 0.6 is 0 Å². The maximum Gasteiger partial charge on any atom is 0.251 e. The molecule has 0 saturated heterocycles. The molecule has 2 amide bonds. The molecule has 5 heteroatoms. The van der Waals surface area contributed by atoms with Crippen LogP contribution in [-0.4, -0.2) is 30.9 Å². The van der Waals surface area contributed by atoms with Crippen molar-refractivity contribution in [3.05, 3.63) is 35.4 Å². The first-order chi connectivity index (χ1) is 10.8. The summed E-state index contributed by atoms with van der Waals surface area (Å²) < 4.78 is 0. The van der Waals surface area contributed by atoms with Crippen molar-refractivity contribution < 1.29 is 9.59 Å². The van der Waals surface area contributed by atoms with E-state index in [-0.39, 0.29) is 23.8 Å². The molecule has 1 aromatic rings. The molecule has 0 spiro atoms. The number of hydrogen-bond donors (Lipinski definition) is 3. The molecule has 0 saturated carbocycles. The van der Waals surface area contributed by atoms with Crippen LogP contribution in [0.3, 0.4) is 0 Å². The quantitative estimate of drug-likeness (QED) is 0.684. The molecule has 5 nitrogen and oxygen atoms in total. The molecular formula is C18H29N3O2. The molecular weight excluding hydrogens is 290 g/mol. The summed E-state index contributed by atoms with van der Waals surface area (Å²) in [5, 5.41) is 5.73. The van der Waals surface area contributed by atoms with Gasteiger partial charge in [0.25, 0.3) is 5.91 Å². The van der Waals surface area contributed by atoms with Gasteiger partial charge >= 0.3 is 0 Å². The van der Waals surface area contributed by atoms with Crippen LogP contribution in [0.15, 0.2) is 24.3 Å². The van der Waals surface area contributed by atoms with Crippen molar-refractivity contribution in [3.63, 3.8) is 0 Å². The van der Waals surface area contributed by atoms with Crippen LogP contribution in [-0.2, 0) is 4.79 Å². The Bertz CT molecular complexity index is 529. The third kappa shape index (κ3) is 7.28. The van der Waals surface area contributed by atoms with E-state index in [0.717, 1.165) is 5.56 Å². The van der Waals surface area contributed by atoms with Crippen molar-refractivity contribution in [3.8, 4) is 0 Å². The van der Waals surface area contributed by atoms with E-state index in [4.69, 9.17) is 5.73 Å². The molecule has 0 aromatic heterocycles. The van der Waals surface area contributed by atoms with Gasteiger partial charge in [-0.25, -0.2) is 0 Å². The lowest BCUT2D eigenvalue weighted by atomic mass is 10.0. The molecule has 0 fully saturated rings. The summed E-state index contributed by atoms with van der Waals surface area (Å²) in [5.41, 5.74) is 7.69. The SMILES string of the molecule is Cc1cccc(C(=O)NCC(N)CC(C)C(=O)NCC(C)C)c1. The van der Waals surface area contributed by atoms with Crippen LogP contribution in [0.2, 0.25) is 0 Å². The lowest BCUT2D eigenvalue weighted by Crippen LogP contribution is -2.41. The summed E-state index contributed by atoms with van der Waals surface area (Å²) in [6.45, 7) is 8.93. The van der Waals surface area contributed by atoms with Gasteiger partial charge in [0.2, 0.25) is 5.91 Å². The van der Waals surface area contributed by atoms with Crippen LogP contribution < -0.4 is 16.4 Å². The number of carbonyl (C=O) groups is 2.